The highest BCUT2D eigenvalue weighted by Crippen LogP contribution is 2.30. The first-order valence-electron chi connectivity index (χ1n) is 12.2. The van der Waals surface area contributed by atoms with Crippen molar-refractivity contribution in [3.05, 3.63) is 93.9 Å². The number of hydrogen-bond acceptors (Lipinski definition) is 5. The standard InChI is InChI=1S/C30H29Cl2N3O4/c1-37-23-9-4-20(5-10-23)7-13-29-34-26(24-11-8-22(31)17-25(24)32)18-35(29)19-30(36)33-15-14-21-6-12-27(38-2)28(16-21)39-3/h4-13,16-18H,14-15,19H2,1-3H3,(H,33,36)/b13-7+. The van der Waals surface area contributed by atoms with Gasteiger partial charge in [-0.1, -0.05) is 47.5 Å². The van der Waals surface area contributed by atoms with E-state index >= 15 is 0 Å². The summed E-state index contributed by atoms with van der Waals surface area (Å²) in [5, 5.41) is 4.01. The highest BCUT2D eigenvalue weighted by Gasteiger charge is 2.14. The Morgan fingerprint density at radius 3 is 2.38 bits per heavy atom. The molecule has 0 bridgehead atoms. The van der Waals surface area contributed by atoms with Crippen molar-refractivity contribution in [3.63, 3.8) is 0 Å². The fourth-order valence-corrected chi connectivity index (χ4v) is 4.50. The predicted octanol–water partition coefficient (Wildman–Crippen LogP) is 6.41. The molecule has 4 rings (SSSR count). The van der Waals surface area contributed by atoms with Crippen LogP contribution in [-0.2, 0) is 17.8 Å². The molecule has 4 aromatic rings. The Kier molecular flexibility index (Phi) is 9.52. The van der Waals surface area contributed by atoms with Crippen LogP contribution in [0, 0.1) is 0 Å². The number of nitrogens with zero attached hydrogens (tertiary/aromatic N) is 2. The maximum absolute atomic E-state index is 12.9. The molecule has 0 aliphatic carbocycles. The summed E-state index contributed by atoms with van der Waals surface area (Å²) in [6.07, 6.45) is 6.26. The smallest absolute Gasteiger partial charge is 0.240 e. The van der Waals surface area contributed by atoms with Gasteiger partial charge in [0, 0.05) is 23.3 Å². The third-order valence-corrected chi connectivity index (χ3v) is 6.60. The SMILES string of the molecule is COc1ccc(/C=C/c2nc(-c3ccc(Cl)cc3Cl)cn2CC(=O)NCCc2ccc(OC)c(OC)c2)cc1. The minimum atomic E-state index is -0.138. The number of imidazole rings is 1. The zero-order valence-corrected chi connectivity index (χ0v) is 23.4. The van der Waals surface area contributed by atoms with E-state index in [9.17, 15) is 4.79 Å². The minimum absolute atomic E-state index is 0.0897. The summed E-state index contributed by atoms with van der Waals surface area (Å²) < 4.78 is 17.7. The molecule has 0 saturated heterocycles. The summed E-state index contributed by atoms with van der Waals surface area (Å²) in [7, 11) is 4.82. The summed E-state index contributed by atoms with van der Waals surface area (Å²) in [6, 6.07) is 18.6. The van der Waals surface area contributed by atoms with Crippen molar-refractivity contribution in [1.82, 2.24) is 14.9 Å². The first-order valence-corrected chi connectivity index (χ1v) is 13.0. The lowest BCUT2D eigenvalue weighted by molar-refractivity contribution is -0.121. The summed E-state index contributed by atoms with van der Waals surface area (Å²) in [5.41, 5.74) is 3.37. The van der Waals surface area contributed by atoms with Crippen LogP contribution in [0.25, 0.3) is 23.4 Å². The molecule has 1 amide bonds. The van der Waals surface area contributed by atoms with Crippen LogP contribution in [0.1, 0.15) is 17.0 Å². The Bertz CT molecular complexity index is 1470. The normalized spacial score (nSPS) is 11.0. The number of nitrogens with one attached hydrogen (secondary N) is 1. The Balaban J connectivity index is 1.50. The zero-order valence-electron chi connectivity index (χ0n) is 21.9. The molecule has 0 unspecified atom stereocenters. The number of benzene rings is 3. The Morgan fingerprint density at radius 1 is 0.923 bits per heavy atom. The molecule has 1 heterocycles. The van der Waals surface area contributed by atoms with Crippen molar-refractivity contribution in [2.75, 3.05) is 27.9 Å². The average Bonchev–Trinajstić information content (AvgIpc) is 3.33. The fraction of sp³-hybridized carbons (Fsp3) is 0.200. The molecule has 0 spiro atoms. The zero-order chi connectivity index (χ0) is 27.8. The molecule has 9 heteroatoms. The van der Waals surface area contributed by atoms with E-state index in [2.05, 4.69) is 5.32 Å². The van der Waals surface area contributed by atoms with Crippen LogP contribution >= 0.6 is 23.2 Å². The van der Waals surface area contributed by atoms with Crippen LogP contribution in [0.4, 0.5) is 0 Å². The van der Waals surface area contributed by atoms with Gasteiger partial charge in [0.1, 0.15) is 18.1 Å². The molecule has 0 radical (unpaired) electrons. The first kappa shape index (κ1) is 28.1. The number of rotatable bonds is 11. The van der Waals surface area contributed by atoms with Gasteiger partial charge < -0.3 is 24.1 Å². The van der Waals surface area contributed by atoms with Crippen molar-refractivity contribution in [3.8, 4) is 28.5 Å². The maximum atomic E-state index is 12.9. The molecule has 202 valence electrons. The van der Waals surface area contributed by atoms with E-state index in [4.69, 9.17) is 42.4 Å². The topological polar surface area (TPSA) is 74.6 Å². The molecule has 3 aromatic carbocycles. The van der Waals surface area contributed by atoms with Crippen LogP contribution in [-0.4, -0.2) is 43.3 Å². The van der Waals surface area contributed by atoms with Gasteiger partial charge in [0.2, 0.25) is 5.91 Å². The molecule has 0 saturated carbocycles. The van der Waals surface area contributed by atoms with Gasteiger partial charge in [0.25, 0.3) is 0 Å². The van der Waals surface area contributed by atoms with E-state index in [1.807, 2.05) is 66.9 Å². The molecule has 7 nitrogen and oxygen atoms in total. The second-order valence-electron chi connectivity index (χ2n) is 8.63. The number of hydrogen-bond donors (Lipinski definition) is 1. The van der Waals surface area contributed by atoms with Gasteiger partial charge >= 0.3 is 0 Å². The summed E-state index contributed by atoms with van der Waals surface area (Å²) in [5.74, 6) is 2.57. The third-order valence-electron chi connectivity index (χ3n) is 6.05. The van der Waals surface area contributed by atoms with Crippen molar-refractivity contribution < 1.29 is 19.0 Å². The van der Waals surface area contributed by atoms with Gasteiger partial charge in [-0.3, -0.25) is 4.79 Å². The fourth-order valence-electron chi connectivity index (χ4n) is 4.00. The first-order chi connectivity index (χ1) is 18.9. The summed E-state index contributed by atoms with van der Waals surface area (Å²) in [6.45, 7) is 0.558. The Hall–Kier alpha value is -3.94. The number of amides is 1. The van der Waals surface area contributed by atoms with Gasteiger partial charge in [-0.25, -0.2) is 4.98 Å². The Labute approximate surface area is 237 Å². The second kappa shape index (κ2) is 13.2. The monoisotopic (exact) mass is 565 g/mol. The van der Waals surface area contributed by atoms with Crippen LogP contribution < -0.4 is 19.5 Å². The number of aromatic nitrogens is 2. The van der Waals surface area contributed by atoms with E-state index in [0.29, 0.717) is 46.0 Å². The van der Waals surface area contributed by atoms with E-state index < -0.39 is 0 Å². The molecule has 39 heavy (non-hydrogen) atoms. The molecule has 0 aliphatic rings. The highest BCUT2D eigenvalue weighted by molar-refractivity contribution is 6.36. The molecule has 0 aliphatic heterocycles. The lowest BCUT2D eigenvalue weighted by Gasteiger charge is -2.10. The number of halogens is 2. The van der Waals surface area contributed by atoms with Crippen molar-refractivity contribution in [2.24, 2.45) is 0 Å². The molecule has 1 N–H and O–H groups in total. The molecule has 0 fully saturated rings. The van der Waals surface area contributed by atoms with E-state index in [1.54, 1.807) is 38.0 Å². The molecule has 0 atom stereocenters. The van der Waals surface area contributed by atoms with Gasteiger partial charge in [0.05, 0.1) is 32.0 Å². The Morgan fingerprint density at radius 2 is 1.69 bits per heavy atom. The van der Waals surface area contributed by atoms with E-state index in [0.717, 1.165) is 22.4 Å². The van der Waals surface area contributed by atoms with E-state index in [1.165, 1.54) is 0 Å². The van der Waals surface area contributed by atoms with Gasteiger partial charge in [-0.05, 0) is 66.1 Å². The lowest BCUT2D eigenvalue weighted by Crippen LogP contribution is -2.29. The average molecular weight is 566 g/mol. The third kappa shape index (κ3) is 7.34. The summed E-state index contributed by atoms with van der Waals surface area (Å²) >= 11 is 12.5. The second-order valence-corrected chi connectivity index (χ2v) is 9.48. The maximum Gasteiger partial charge on any atom is 0.240 e. The lowest BCUT2D eigenvalue weighted by atomic mass is 10.1. The van der Waals surface area contributed by atoms with Crippen LogP contribution in [0.3, 0.4) is 0 Å². The molecular weight excluding hydrogens is 537 g/mol. The van der Waals surface area contributed by atoms with Crippen molar-refractivity contribution in [1.29, 1.82) is 0 Å². The molecule has 1 aromatic heterocycles. The number of carbonyl (C=O) groups excluding carboxylic acids is 1. The van der Waals surface area contributed by atoms with Crippen LogP contribution in [0.5, 0.6) is 17.2 Å². The highest BCUT2D eigenvalue weighted by atomic mass is 35.5. The minimum Gasteiger partial charge on any atom is -0.497 e. The van der Waals surface area contributed by atoms with E-state index in [-0.39, 0.29) is 12.5 Å². The van der Waals surface area contributed by atoms with Gasteiger partial charge in [-0.15, -0.1) is 0 Å². The number of ether oxygens (including phenoxy) is 3. The number of carbonyl (C=O) groups is 1. The van der Waals surface area contributed by atoms with Crippen molar-refractivity contribution >= 4 is 41.3 Å². The van der Waals surface area contributed by atoms with Crippen LogP contribution in [0.15, 0.2) is 66.9 Å². The van der Waals surface area contributed by atoms with Gasteiger partial charge in [0.15, 0.2) is 11.5 Å². The summed E-state index contributed by atoms with van der Waals surface area (Å²) in [4.78, 5) is 17.6. The largest absolute Gasteiger partial charge is 0.497 e. The molecular formula is C30H29Cl2N3O4. The quantitative estimate of drug-likeness (QED) is 0.227. The number of methoxy groups -OCH3 is 3. The van der Waals surface area contributed by atoms with Gasteiger partial charge in [-0.2, -0.15) is 0 Å². The predicted molar refractivity (Wildman–Crippen MR) is 156 cm³/mol. The van der Waals surface area contributed by atoms with Crippen LogP contribution in [0.2, 0.25) is 10.0 Å². The van der Waals surface area contributed by atoms with Crippen molar-refractivity contribution in [2.45, 2.75) is 13.0 Å².